The molecule has 0 amide bonds. The van der Waals surface area contributed by atoms with Gasteiger partial charge in [0.25, 0.3) is 0 Å². The van der Waals surface area contributed by atoms with E-state index in [2.05, 4.69) is 11.9 Å². The van der Waals surface area contributed by atoms with Gasteiger partial charge in [-0.05, 0) is 38.6 Å². The Kier molecular flexibility index (Phi) is 5.45. The summed E-state index contributed by atoms with van der Waals surface area (Å²) in [5.41, 5.74) is 0.635. The highest BCUT2D eigenvalue weighted by Gasteiger charge is 2.21. The van der Waals surface area contributed by atoms with E-state index in [9.17, 15) is 4.79 Å². The normalized spacial score (nSPS) is 20.4. The molecular formula is C13H18ClNO2. The fourth-order valence-corrected chi connectivity index (χ4v) is 2.01. The van der Waals surface area contributed by atoms with Crippen molar-refractivity contribution >= 4 is 18.4 Å². The van der Waals surface area contributed by atoms with E-state index < -0.39 is 0 Å². The number of nitrogens with zero attached hydrogens (tertiary/aromatic N) is 1. The van der Waals surface area contributed by atoms with Gasteiger partial charge in [0.2, 0.25) is 0 Å². The number of hydrogen-bond donors (Lipinski definition) is 0. The summed E-state index contributed by atoms with van der Waals surface area (Å²) in [6.45, 7) is 1.94. The summed E-state index contributed by atoms with van der Waals surface area (Å²) < 4.78 is 5.47. The lowest BCUT2D eigenvalue weighted by atomic mass is 10.1. The average molecular weight is 256 g/mol. The number of hydrogen-bond acceptors (Lipinski definition) is 3. The molecule has 0 bridgehead atoms. The van der Waals surface area contributed by atoms with Crippen LogP contribution in [0.4, 0.5) is 0 Å². The van der Waals surface area contributed by atoms with Gasteiger partial charge in [-0.25, -0.2) is 4.79 Å². The van der Waals surface area contributed by atoms with E-state index in [4.69, 9.17) is 4.74 Å². The Balaban J connectivity index is 0.00000144. The van der Waals surface area contributed by atoms with Crippen molar-refractivity contribution in [1.82, 2.24) is 4.90 Å². The highest BCUT2D eigenvalue weighted by atomic mass is 35.5. The van der Waals surface area contributed by atoms with Crippen molar-refractivity contribution in [3.63, 3.8) is 0 Å². The molecule has 1 aliphatic rings. The predicted octanol–water partition coefficient (Wildman–Crippen LogP) is 2.36. The van der Waals surface area contributed by atoms with Gasteiger partial charge < -0.3 is 9.64 Å². The van der Waals surface area contributed by atoms with E-state index in [0.717, 1.165) is 25.9 Å². The third-order valence-electron chi connectivity index (χ3n) is 2.86. The molecule has 1 heterocycles. The van der Waals surface area contributed by atoms with Crippen LogP contribution in [0.5, 0.6) is 0 Å². The van der Waals surface area contributed by atoms with Gasteiger partial charge in [0.05, 0.1) is 5.56 Å². The fourth-order valence-electron chi connectivity index (χ4n) is 2.01. The molecule has 0 aliphatic carbocycles. The molecule has 1 atom stereocenters. The van der Waals surface area contributed by atoms with E-state index in [0.29, 0.717) is 5.56 Å². The second kappa shape index (κ2) is 6.62. The first-order valence-electron chi connectivity index (χ1n) is 5.70. The van der Waals surface area contributed by atoms with Gasteiger partial charge in [-0.2, -0.15) is 0 Å². The number of halogens is 1. The van der Waals surface area contributed by atoms with Crippen molar-refractivity contribution in [3.8, 4) is 0 Å². The lowest BCUT2D eigenvalue weighted by Crippen LogP contribution is -2.38. The van der Waals surface area contributed by atoms with Crippen LogP contribution in [-0.4, -0.2) is 37.1 Å². The molecule has 0 N–H and O–H groups in total. The third kappa shape index (κ3) is 4.02. The largest absolute Gasteiger partial charge is 0.457 e. The van der Waals surface area contributed by atoms with E-state index >= 15 is 0 Å². The molecular weight excluding hydrogens is 238 g/mol. The molecule has 1 saturated heterocycles. The van der Waals surface area contributed by atoms with Gasteiger partial charge in [0, 0.05) is 6.54 Å². The Morgan fingerprint density at radius 3 is 2.71 bits per heavy atom. The van der Waals surface area contributed by atoms with E-state index in [1.54, 1.807) is 12.1 Å². The van der Waals surface area contributed by atoms with Gasteiger partial charge in [-0.1, -0.05) is 18.2 Å². The number of rotatable bonds is 2. The Bertz CT molecular complexity index is 356. The molecule has 1 fully saturated rings. The van der Waals surface area contributed by atoms with Crippen LogP contribution >= 0.6 is 12.4 Å². The lowest BCUT2D eigenvalue weighted by molar-refractivity contribution is 0.0108. The van der Waals surface area contributed by atoms with Crippen molar-refractivity contribution in [2.45, 2.75) is 18.9 Å². The zero-order valence-corrected chi connectivity index (χ0v) is 10.8. The highest BCUT2D eigenvalue weighted by Crippen LogP contribution is 2.13. The van der Waals surface area contributed by atoms with Gasteiger partial charge in [0.1, 0.15) is 6.10 Å². The summed E-state index contributed by atoms with van der Waals surface area (Å²) in [5, 5.41) is 0. The van der Waals surface area contributed by atoms with E-state index in [-0.39, 0.29) is 24.5 Å². The molecule has 17 heavy (non-hydrogen) atoms. The Morgan fingerprint density at radius 1 is 1.35 bits per heavy atom. The van der Waals surface area contributed by atoms with Crippen molar-refractivity contribution < 1.29 is 9.53 Å². The fraction of sp³-hybridized carbons (Fsp3) is 0.462. The van der Waals surface area contributed by atoms with Crippen LogP contribution in [0.1, 0.15) is 23.2 Å². The summed E-state index contributed by atoms with van der Waals surface area (Å²) in [4.78, 5) is 14.0. The van der Waals surface area contributed by atoms with E-state index in [1.165, 1.54) is 0 Å². The van der Waals surface area contributed by atoms with E-state index in [1.807, 2.05) is 18.2 Å². The Labute approximate surface area is 108 Å². The maximum atomic E-state index is 11.8. The minimum atomic E-state index is -0.207. The monoisotopic (exact) mass is 255 g/mol. The quantitative estimate of drug-likeness (QED) is 0.760. The minimum Gasteiger partial charge on any atom is -0.457 e. The maximum Gasteiger partial charge on any atom is 0.338 e. The molecule has 3 nitrogen and oxygen atoms in total. The molecule has 1 aromatic carbocycles. The van der Waals surface area contributed by atoms with Gasteiger partial charge in [0.15, 0.2) is 0 Å². The van der Waals surface area contributed by atoms with Crippen LogP contribution in [0.15, 0.2) is 30.3 Å². The molecule has 1 unspecified atom stereocenters. The Morgan fingerprint density at radius 2 is 2.06 bits per heavy atom. The molecule has 0 radical (unpaired) electrons. The molecule has 2 rings (SSSR count). The second-order valence-corrected chi connectivity index (χ2v) is 4.30. The number of ether oxygens (including phenoxy) is 1. The number of piperidine rings is 1. The first kappa shape index (κ1) is 14.0. The van der Waals surface area contributed by atoms with Crippen molar-refractivity contribution in [2.75, 3.05) is 20.1 Å². The molecule has 1 aromatic rings. The zero-order valence-electron chi connectivity index (χ0n) is 9.96. The molecule has 4 heteroatoms. The van der Waals surface area contributed by atoms with Crippen molar-refractivity contribution in [3.05, 3.63) is 35.9 Å². The van der Waals surface area contributed by atoms with Crippen molar-refractivity contribution in [2.24, 2.45) is 0 Å². The van der Waals surface area contributed by atoms with Crippen LogP contribution in [0.3, 0.4) is 0 Å². The predicted molar refractivity (Wildman–Crippen MR) is 69.6 cm³/mol. The molecule has 1 aliphatic heterocycles. The number of carbonyl (C=O) groups excluding carboxylic acids is 1. The van der Waals surface area contributed by atoms with Crippen LogP contribution in [0, 0.1) is 0 Å². The number of likely N-dealkylation sites (N-methyl/N-ethyl adjacent to an activating group) is 1. The van der Waals surface area contributed by atoms with Crippen LogP contribution in [-0.2, 0) is 4.74 Å². The van der Waals surface area contributed by atoms with Crippen LogP contribution in [0.2, 0.25) is 0 Å². The standard InChI is InChI=1S/C13H17NO2.ClH/c1-14-9-5-8-12(10-14)16-13(15)11-6-3-2-4-7-11;/h2-4,6-7,12H,5,8-10H2,1H3;1H. The average Bonchev–Trinajstić information content (AvgIpc) is 2.30. The van der Waals surface area contributed by atoms with Crippen LogP contribution < -0.4 is 0 Å². The summed E-state index contributed by atoms with van der Waals surface area (Å²) in [6.07, 6.45) is 2.12. The van der Waals surface area contributed by atoms with Gasteiger partial charge >= 0.3 is 5.97 Å². The summed E-state index contributed by atoms with van der Waals surface area (Å²) in [5.74, 6) is -0.207. The first-order chi connectivity index (χ1) is 7.75. The van der Waals surface area contributed by atoms with Crippen LogP contribution in [0.25, 0.3) is 0 Å². The second-order valence-electron chi connectivity index (χ2n) is 4.30. The maximum absolute atomic E-state index is 11.8. The molecule has 94 valence electrons. The number of esters is 1. The minimum absolute atomic E-state index is 0. The zero-order chi connectivity index (χ0) is 11.4. The molecule has 0 saturated carbocycles. The molecule has 0 spiro atoms. The summed E-state index contributed by atoms with van der Waals surface area (Å²) in [7, 11) is 2.06. The Hall–Kier alpha value is -1.06. The smallest absolute Gasteiger partial charge is 0.338 e. The highest BCUT2D eigenvalue weighted by molar-refractivity contribution is 5.89. The number of likely N-dealkylation sites (tertiary alicyclic amines) is 1. The SMILES string of the molecule is CN1CCCC(OC(=O)c2ccccc2)C1.Cl. The summed E-state index contributed by atoms with van der Waals surface area (Å²) in [6, 6.07) is 9.17. The molecule has 0 aromatic heterocycles. The van der Waals surface area contributed by atoms with Gasteiger partial charge in [-0.3, -0.25) is 0 Å². The van der Waals surface area contributed by atoms with Gasteiger partial charge in [-0.15, -0.1) is 12.4 Å². The van der Waals surface area contributed by atoms with Crippen molar-refractivity contribution in [1.29, 1.82) is 0 Å². The summed E-state index contributed by atoms with van der Waals surface area (Å²) >= 11 is 0. The topological polar surface area (TPSA) is 29.5 Å². The lowest BCUT2D eigenvalue weighted by Gasteiger charge is -2.29. The third-order valence-corrected chi connectivity index (χ3v) is 2.86. The number of carbonyl (C=O) groups is 1. The first-order valence-corrected chi connectivity index (χ1v) is 5.70. The number of benzene rings is 1.